The van der Waals surface area contributed by atoms with Crippen molar-refractivity contribution in [2.75, 3.05) is 0 Å². The molecule has 0 fully saturated rings. The molecule has 0 spiro atoms. The van der Waals surface area contributed by atoms with Crippen LogP contribution in [0, 0.1) is 0 Å². The summed E-state index contributed by atoms with van der Waals surface area (Å²) in [6, 6.07) is 0. The van der Waals surface area contributed by atoms with Crippen LogP contribution in [0.2, 0.25) is 0 Å². The van der Waals surface area contributed by atoms with E-state index in [0.29, 0.717) is 0 Å². The van der Waals surface area contributed by atoms with E-state index in [4.69, 9.17) is 0 Å². The fourth-order valence-corrected chi connectivity index (χ4v) is 2.31. The number of hydrogen-bond acceptors (Lipinski definition) is 3. The van der Waals surface area contributed by atoms with E-state index in [2.05, 4.69) is 11.5 Å². The van der Waals surface area contributed by atoms with Crippen LogP contribution >= 0.6 is 31.4 Å². The molecule has 0 nitrogen and oxygen atoms in total. The van der Waals surface area contributed by atoms with Gasteiger partial charge in [-0.3, -0.25) is 0 Å². The molecule has 0 saturated heterocycles. The highest BCUT2D eigenvalue weighted by atomic mass is 33.5. The Hall–Kier alpha value is 0.350. The summed E-state index contributed by atoms with van der Waals surface area (Å²) >= 11 is 0. The molecule has 36 valence electrons. The van der Waals surface area contributed by atoms with E-state index in [1.165, 1.54) is 0 Å². The highest BCUT2D eigenvalue weighted by Crippen LogP contribution is 2.36. The predicted octanol–water partition coefficient (Wildman–Crippen LogP) is 2.81. The van der Waals surface area contributed by atoms with E-state index >= 15 is 0 Å². The van der Waals surface area contributed by atoms with Gasteiger partial charge in [0, 0.05) is 10.8 Å². The minimum Gasteiger partial charge on any atom is -0.0618 e. The maximum Gasteiger partial charge on any atom is 0.0332 e. The minimum atomic E-state index is 1.67. The minimum absolute atomic E-state index is 1.67. The molecule has 0 unspecified atom stereocenters. The van der Waals surface area contributed by atoms with Gasteiger partial charge in [0.15, 0.2) is 0 Å². The molecule has 0 saturated carbocycles. The molecular formula is C4H2S3. The molecule has 0 aromatic carbocycles. The molecule has 0 bridgehead atoms. The summed E-state index contributed by atoms with van der Waals surface area (Å²) in [6.07, 6.45) is 0. The van der Waals surface area contributed by atoms with Crippen LogP contribution in [0.5, 0.6) is 0 Å². The Kier molecular flexibility index (Phi) is 2.64. The first-order valence-corrected chi connectivity index (χ1v) is 5.24. The van der Waals surface area contributed by atoms with Gasteiger partial charge in [-0.2, -0.15) is 0 Å². The first-order chi connectivity index (χ1) is 3.50. The Balaban J connectivity index is 2.71. The van der Waals surface area contributed by atoms with Gasteiger partial charge in [-0.1, -0.05) is 11.5 Å². The zero-order valence-corrected chi connectivity index (χ0v) is 5.83. The van der Waals surface area contributed by atoms with Crippen LogP contribution in [0.1, 0.15) is 0 Å². The fraction of sp³-hybridized carbons (Fsp3) is 0. The van der Waals surface area contributed by atoms with E-state index in [1.807, 2.05) is 10.8 Å². The van der Waals surface area contributed by atoms with Crippen LogP contribution in [0.15, 0.2) is 22.3 Å². The van der Waals surface area contributed by atoms with Crippen LogP contribution < -0.4 is 0 Å². The van der Waals surface area contributed by atoms with Crippen LogP contribution in [-0.2, 0) is 0 Å². The van der Waals surface area contributed by atoms with Crippen molar-refractivity contribution in [2.45, 2.75) is 0 Å². The van der Waals surface area contributed by atoms with E-state index in [9.17, 15) is 0 Å². The van der Waals surface area contributed by atoms with Crippen molar-refractivity contribution < 1.29 is 0 Å². The van der Waals surface area contributed by atoms with Crippen molar-refractivity contribution in [1.82, 2.24) is 0 Å². The van der Waals surface area contributed by atoms with Gasteiger partial charge in [-0.05, 0) is 31.4 Å². The third kappa shape index (κ3) is 2.22. The number of hydrogen-bond donors (Lipinski definition) is 0. The van der Waals surface area contributed by atoms with Crippen molar-refractivity contribution in [2.24, 2.45) is 0 Å². The van der Waals surface area contributed by atoms with E-state index in [1.54, 1.807) is 31.4 Å². The summed E-state index contributed by atoms with van der Waals surface area (Å²) in [6.45, 7) is 0. The van der Waals surface area contributed by atoms with Gasteiger partial charge in [-0.15, -0.1) is 0 Å². The molecule has 1 heterocycles. The molecule has 7 heavy (non-hydrogen) atoms. The Morgan fingerprint density at radius 2 is 1.57 bits per heavy atom. The van der Waals surface area contributed by atoms with Gasteiger partial charge < -0.3 is 0 Å². The molecule has 1 aliphatic rings. The second-order valence-corrected chi connectivity index (χ2v) is 4.56. The Bertz CT molecular complexity index is 121. The van der Waals surface area contributed by atoms with Crippen molar-refractivity contribution in [3.8, 4) is 0 Å². The first kappa shape index (κ1) is 5.49. The highest BCUT2D eigenvalue weighted by Gasteiger charge is 1.81. The van der Waals surface area contributed by atoms with Gasteiger partial charge in [0.2, 0.25) is 0 Å². The third-order valence-corrected chi connectivity index (χ3v) is 3.42. The van der Waals surface area contributed by atoms with Crippen molar-refractivity contribution >= 4 is 31.4 Å². The van der Waals surface area contributed by atoms with Gasteiger partial charge >= 0.3 is 0 Å². The second-order valence-electron chi connectivity index (χ2n) is 0.785. The van der Waals surface area contributed by atoms with Crippen molar-refractivity contribution in [3.05, 3.63) is 22.3 Å². The summed E-state index contributed by atoms with van der Waals surface area (Å²) in [5.41, 5.74) is 5.68. The van der Waals surface area contributed by atoms with Gasteiger partial charge in [0.05, 0.1) is 0 Å². The molecule has 0 N–H and O–H groups in total. The van der Waals surface area contributed by atoms with E-state index < -0.39 is 0 Å². The molecular weight excluding hydrogens is 144 g/mol. The third-order valence-electron chi connectivity index (χ3n) is 0.376. The van der Waals surface area contributed by atoms with Gasteiger partial charge in [0.25, 0.3) is 0 Å². The lowest BCUT2D eigenvalue weighted by atomic mass is 10.9. The average molecular weight is 146 g/mol. The van der Waals surface area contributed by atoms with Crippen molar-refractivity contribution in [3.63, 3.8) is 0 Å². The smallest absolute Gasteiger partial charge is 0.0332 e. The zero-order valence-electron chi connectivity index (χ0n) is 3.38. The lowest BCUT2D eigenvalue weighted by molar-refractivity contribution is 2.31. The Morgan fingerprint density at radius 1 is 1.00 bits per heavy atom. The number of rotatable bonds is 0. The molecule has 0 aliphatic carbocycles. The van der Waals surface area contributed by atoms with Crippen LogP contribution in [0.25, 0.3) is 0 Å². The topological polar surface area (TPSA) is 0 Å². The molecule has 0 aromatic rings. The highest BCUT2D eigenvalue weighted by molar-refractivity contribution is 9.10. The summed E-state index contributed by atoms with van der Waals surface area (Å²) in [5.74, 6) is 0. The second kappa shape index (κ2) is 3.36. The largest absolute Gasteiger partial charge is 0.0618 e. The average Bonchev–Trinajstić information content (AvgIpc) is 1.90. The quantitative estimate of drug-likeness (QED) is 0.381. The summed E-state index contributed by atoms with van der Waals surface area (Å²) < 4.78 is 0. The van der Waals surface area contributed by atoms with Crippen molar-refractivity contribution in [1.29, 1.82) is 0 Å². The monoisotopic (exact) mass is 146 g/mol. The normalized spacial score (nSPS) is 17.1. The Morgan fingerprint density at radius 3 is 2.14 bits per heavy atom. The lowest BCUT2D eigenvalue weighted by Gasteiger charge is -1.79. The molecule has 0 amide bonds. The predicted molar refractivity (Wildman–Crippen MR) is 38.9 cm³/mol. The first-order valence-electron chi connectivity index (χ1n) is 1.63. The SMILES string of the molecule is C1=C=CSSSC=1. The van der Waals surface area contributed by atoms with Crippen LogP contribution in [0.4, 0.5) is 0 Å². The molecule has 1 rings (SSSR count). The molecule has 0 atom stereocenters. The molecule has 0 aromatic heterocycles. The van der Waals surface area contributed by atoms with Gasteiger partial charge in [0.1, 0.15) is 0 Å². The van der Waals surface area contributed by atoms with E-state index in [0.717, 1.165) is 0 Å². The molecule has 3 heteroatoms. The summed E-state index contributed by atoms with van der Waals surface area (Å²) in [4.78, 5) is 0. The lowest BCUT2D eigenvalue weighted by Crippen LogP contribution is -1.25. The molecule has 0 radical (unpaired) electrons. The summed E-state index contributed by atoms with van der Waals surface area (Å²) in [7, 11) is 5.04. The zero-order chi connectivity index (χ0) is 4.95. The summed E-state index contributed by atoms with van der Waals surface area (Å²) in [5, 5.41) is 3.78. The van der Waals surface area contributed by atoms with Crippen LogP contribution in [0.3, 0.4) is 0 Å². The maximum atomic E-state index is 2.84. The fourth-order valence-electron chi connectivity index (χ4n) is 0.178. The van der Waals surface area contributed by atoms with Gasteiger partial charge in [-0.25, -0.2) is 0 Å². The van der Waals surface area contributed by atoms with Crippen LogP contribution in [-0.4, -0.2) is 0 Å². The standard InChI is InChI=1S/C4H2S3/c1-2-4-6-7-5-3-1/h3-4H. The Labute approximate surface area is 53.9 Å². The molecule has 1 aliphatic heterocycles. The van der Waals surface area contributed by atoms with E-state index in [-0.39, 0.29) is 0 Å². The maximum absolute atomic E-state index is 2.84.